The zero-order valence-electron chi connectivity index (χ0n) is 10.4. The van der Waals surface area contributed by atoms with E-state index in [1.807, 2.05) is 19.2 Å². The van der Waals surface area contributed by atoms with Gasteiger partial charge in [0, 0.05) is 13.2 Å². The summed E-state index contributed by atoms with van der Waals surface area (Å²) < 4.78 is 0. The molecule has 1 aliphatic heterocycles. The molecule has 92 valence electrons. The summed E-state index contributed by atoms with van der Waals surface area (Å²) in [4.78, 5) is 18.3. The number of nitrogens with zero attached hydrogens (tertiary/aromatic N) is 2. The first kappa shape index (κ1) is 12.0. The largest absolute Gasteiger partial charge is 0.312 e. The molecule has 2 rings (SSSR count). The van der Waals surface area contributed by atoms with Gasteiger partial charge >= 0.3 is 0 Å². The predicted octanol–water partition coefficient (Wildman–Crippen LogP) is 1.58. The number of hydrogen-bond donors (Lipinski definition) is 1. The minimum absolute atomic E-state index is 0.144. The Bertz CT molecular complexity index is 385. The fourth-order valence-electron chi connectivity index (χ4n) is 2.43. The summed E-state index contributed by atoms with van der Waals surface area (Å²) in [5.74, 6) is 0.144. The van der Waals surface area contributed by atoms with Gasteiger partial charge in [0.1, 0.15) is 0 Å². The lowest BCUT2D eigenvalue weighted by molar-refractivity contribution is -0.124. The second-order valence-electron chi connectivity index (χ2n) is 4.54. The molecular weight excluding hydrogens is 214 g/mol. The molecule has 0 aliphatic carbocycles. The van der Waals surface area contributed by atoms with Crippen molar-refractivity contribution in [1.29, 1.82) is 0 Å². The minimum atomic E-state index is -0.370. The number of likely N-dealkylation sites (N-methyl/N-ethyl adjacent to an activating group) is 1. The van der Waals surface area contributed by atoms with Gasteiger partial charge in [0.05, 0.1) is 17.4 Å². The topological polar surface area (TPSA) is 45.2 Å². The third kappa shape index (κ3) is 2.17. The Morgan fingerprint density at radius 1 is 1.65 bits per heavy atom. The van der Waals surface area contributed by atoms with E-state index in [1.54, 1.807) is 17.3 Å². The number of pyridine rings is 1. The Morgan fingerprint density at radius 3 is 3.00 bits per heavy atom. The van der Waals surface area contributed by atoms with E-state index >= 15 is 0 Å². The Balaban J connectivity index is 2.19. The summed E-state index contributed by atoms with van der Waals surface area (Å²) in [5.41, 5.74) is 0.476. The summed E-state index contributed by atoms with van der Waals surface area (Å²) in [7, 11) is 1.82. The fraction of sp³-hybridized carbons (Fsp3) is 0.538. The number of nitrogens with one attached hydrogen (secondary N) is 1. The normalized spacial score (nSPS) is 23.6. The summed E-state index contributed by atoms with van der Waals surface area (Å²) in [6.45, 7) is 2.99. The van der Waals surface area contributed by atoms with Gasteiger partial charge in [0.15, 0.2) is 0 Å². The first-order valence-corrected chi connectivity index (χ1v) is 6.13. The van der Waals surface area contributed by atoms with Gasteiger partial charge in [-0.3, -0.25) is 9.78 Å². The molecule has 2 heterocycles. The molecule has 1 amide bonds. The van der Waals surface area contributed by atoms with Gasteiger partial charge in [0.25, 0.3) is 0 Å². The molecule has 1 unspecified atom stereocenters. The molecule has 1 aromatic heterocycles. The lowest BCUT2D eigenvalue weighted by Crippen LogP contribution is -2.53. The van der Waals surface area contributed by atoms with Gasteiger partial charge in [-0.1, -0.05) is 6.92 Å². The van der Waals surface area contributed by atoms with Crippen molar-refractivity contribution in [3.05, 3.63) is 24.5 Å². The van der Waals surface area contributed by atoms with Crippen LogP contribution in [0.4, 0.5) is 5.69 Å². The molecule has 1 aromatic rings. The summed E-state index contributed by atoms with van der Waals surface area (Å²) >= 11 is 0. The highest BCUT2D eigenvalue weighted by atomic mass is 16.2. The van der Waals surface area contributed by atoms with Gasteiger partial charge < -0.3 is 10.2 Å². The van der Waals surface area contributed by atoms with Crippen molar-refractivity contribution in [3.8, 4) is 0 Å². The van der Waals surface area contributed by atoms with Gasteiger partial charge in [-0.05, 0) is 37.9 Å². The molecule has 1 saturated heterocycles. The van der Waals surface area contributed by atoms with Crippen LogP contribution >= 0.6 is 0 Å². The highest BCUT2D eigenvalue weighted by Gasteiger charge is 2.41. The van der Waals surface area contributed by atoms with E-state index in [9.17, 15) is 4.79 Å². The van der Waals surface area contributed by atoms with Gasteiger partial charge in [0.2, 0.25) is 5.91 Å². The number of carbonyl (C=O) groups excluding carboxylic acids is 1. The Kier molecular flexibility index (Phi) is 3.43. The van der Waals surface area contributed by atoms with Gasteiger partial charge in [-0.25, -0.2) is 0 Å². The maximum absolute atomic E-state index is 12.5. The van der Waals surface area contributed by atoms with Crippen LogP contribution in [0.15, 0.2) is 24.5 Å². The Morgan fingerprint density at radius 2 is 2.47 bits per heavy atom. The van der Waals surface area contributed by atoms with Crippen molar-refractivity contribution in [2.24, 2.45) is 0 Å². The van der Waals surface area contributed by atoms with Crippen LogP contribution in [0.5, 0.6) is 0 Å². The van der Waals surface area contributed by atoms with E-state index in [0.717, 1.165) is 31.5 Å². The van der Waals surface area contributed by atoms with Crippen molar-refractivity contribution in [2.45, 2.75) is 31.7 Å². The summed E-state index contributed by atoms with van der Waals surface area (Å²) in [5, 5.41) is 3.36. The van der Waals surface area contributed by atoms with Crippen molar-refractivity contribution >= 4 is 11.6 Å². The molecule has 1 N–H and O–H groups in total. The van der Waals surface area contributed by atoms with Crippen LogP contribution in [-0.2, 0) is 4.79 Å². The predicted molar refractivity (Wildman–Crippen MR) is 67.9 cm³/mol. The minimum Gasteiger partial charge on any atom is -0.312 e. The molecule has 1 aliphatic rings. The molecule has 0 bridgehead atoms. The molecular formula is C13H19N3O. The molecule has 1 atom stereocenters. The van der Waals surface area contributed by atoms with E-state index < -0.39 is 0 Å². The van der Waals surface area contributed by atoms with Crippen molar-refractivity contribution in [1.82, 2.24) is 10.3 Å². The van der Waals surface area contributed by atoms with Crippen LogP contribution in [0.3, 0.4) is 0 Å². The second kappa shape index (κ2) is 4.84. The second-order valence-corrected chi connectivity index (χ2v) is 4.54. The number of anilines is 1. The summed E-state index contributed by atoms with van der Waals surface area (Å²) in [6, 6.07) is 3.75. The quantitative estimate of drug-likeness (QED) is 0.862. The first-order chi connectivity index (χ1) is 8.19. The number of amides is 1. The number of hydrogen-bond acceptors (Lipinski definition) is 3. The highest BCUT2D eigenvalue weighted by molar-refractivity contribution is 5.99. The number of rotatable bonds is 3. The molecule has 0 aromatic carbocycles. The number of carbonyl (C=O) groups is 1. The molecule has 17 heavy (non-hydrogen) atoms. The molecule has 1 fully saturated rings. The SMILES string of the molecule is CCC1(C(=O)N(C)c2cccnc2)CCCN1. The van der Waals surface area contributed by atoms with Crippen LogP contribution in [0.1, 0.15) is 26.2 Å². The third-order valence-corrected chi connectivity index (χ3v) is 3.59. The van der Waals surface area contributed by atoms with E-state index in [4.69, 9.17) is 0 Å². The summed E-state index contributed by atoms with van der Waals surface area (Å²) in [6.07, 6.45) is 6.26. The highest BCUT2D eigenvalue weighted by Crippen LogP contribution is 2.26. The van der Waals surface area contributed by atoms with E-state index in [1.165, 1.54) is 0 Å². The zero-order chi connectivity index (χ0) is 12.3. The molecule has 0 saturated carbocycles. The monoisotopic (exact) mass is 233 g/mol. The number of aromatic nitrogens is 1. The lowest BCUT2D eigenvalue weighted by Gasteiger charge is -2.31. The van der Waals surface area contributed by atoms with Crippen LogP contribution in [0.2, 0.25) is 0 Å². The van der Waals surface area contributed by atoms with Crippen LogP contribution in [-0.4, -0.2) is 30.0 Å². The maximum atomic E-state index is 12.5. The molecule has 0 radical (unpaired) electrons. The molecule has 4 nitrogen and oxygen atoms in total. The Labute approximate surface area is 102 Å². The van der Waals surface area contributed by atoms with Gasteiger partial charge in [-0.2, -0.15) is 0 Å². The zero-order valence-corrected chi connectivity index (χ0v) is 10.4. The molecule has 4 heteroatoms. The molecule has 0 spiro atoms. The Hall–Kier alpha value is -1.42. The van der Waals surface area contributed by atoms with Crippen molar-refractivity contribution in [3.63, 3.8) is 0 Å². The van der Waals surface area contributed by atoms with E-state index in [-0.39, 0.29) is 11.4 Å². The van der Waals surface area contributed by atoms with Crippen molar-refractivity contribution < 1.29 is 4.79 Å². The average molecular weight is 233 g/mol. The average Bonchev–Trinajstić information content (AvgIpc) is 2.88. The van der Waals surface area contributed by atoms with E-state index in [0.29, 0.717) is 0 Å². The standard InChI is InChI=1S/C13H19N3O/c1-3-13(7-5-9-15-13)12(17)16(2)11-6-4-8-14-10-11/h4,6,8,10,15H,3,5,7,9H2,1-2H3. The first-order valence-electron chi connectivity index (χ1n) is 6.13. The lowest BCUT2D eigenvalue weighted by atomic mass is 9.92. The van der Waals surface area contributed by atoms with Crippen LogP contribution < -0.4 is 10.2 Å². The fourth-order valence-corrected chi connectivity index (χ4v) is 2.43. The van der Waals surface area contributed by atoms with Gasteiger partial charge in [-0.15, -0.1) is 0 Å². The van der Waals surface area contributed by atoms with Crippen molar-refractivity contribution in [2.75, 3.05) is 18.5 Å². The van der Waals surface area contributed by atoms with E-state index in [2.05, 4.69) is 17.2 Å². The van der Waals surface area contributed by atoms with Crippen LogP contribution in [0, 0.1) is 0 Å². The third-order valence-electron chi connectivity index (χ3n) is 3.59. The maximum Gasteiger partial charge on any atom is 0.247 e. The smallest absolute Gasteiger partial charge is 0.247 e. The van der Waals surface area contributed by atoms with Crippen LogP contribution in [0.25, 0.3) is 0 Å².